The average molecular weight is 1510 g/mol. The molecule has 94 heavy (non-hydrogen) atoms. The van der Waals surface area contributed by atoms with E-state index in [4.69, 9.17) is 48.7 Å². The maximum Gasteiger partial charge on any atom is 2.00 e. The molecule has 0 aliphatic carbocycles. The third-order valence-corrected chi connectivity index (χ3v) is 24.4. The number of carbonyl (C=O) groups excluding carboxylic acids is 2. The molecule has 0 saturated carbocycles. The normalized spacial score (nSPS) is 16.2. The van der Waals surface area contributed by atoms with Crippen LogP contribution < -0.4 is 52.6 Å². The SMILES string of the molecule is CC(=O)[O-].CC(=O)[O-].CC1(C)CO/C(=C/[PH+](c2ccccc2)c2ccccc2)[N-]1.CC1(C)CO/C(=C/[PH+](c2ccccc2)c2ccccc2)[N-]1.CC1(C)COC(C[PH+](c2ccccc2)c2ccccc2)=N1.CC1(C)COC(C[PH+](c2ccccc2)c2ccccc2)=N1.[Ru+2].[Ru+2]. The van der Waals surface area contributed by atoms with E-state index in [-0.39, 0.29) is 61.1 Å². The maximum absolute atomic E-state index is 8.89. The van der Waals surface area contributed by atoms with E-state index in [0.717, 1.165) is 49.7 Å². The first-order valence-corrected chi connectivity index (χ1v) is 37.4. The second-order valence-electron chi connectivity index (χ2n) is 24.7. The zero-order valence-electron chi connectivity index (χ0n) is 55.3. The molecule has 0 unspecified atom stereocenters. The molecule has 0 amide bonds. The third-order valence-electron chi connectivity index (χ3n) is 14.0. The average Bonchev–Trinajstić information content (AvgIpc) is 1.52. The molecule has 4 heterocycles. The number of carbonyl (C=O) groups is 2. The number of hydrogen-bond acceptors (Lipinski definition) is 10. The van der Waals surface area contributed by atoms with Gasteiger partial charge in [-0.25, -0.2) is 9.98 Å². The summed E-state index contributed by atoms with van der Waals surface area (Å²) in [5.74, 6) is 5.71. The fraction of sp³-hybridized carbons (Fsp3) is 0.263. The standard InChI is InChI=1S/2C18H20NOP.2C18H19NOP.2C2H4O2.2Ru/c4*1-18(2)14-20-17(19-18)13-21(15-9-5-3-6-10-15)16-11-7-4-8-12-16;2*1-2(3)4;;/h2*3-12H,13-14H2,1-2H3;2*3-13H,14H2,1-2H3;2*1H3,(H,3,4);;/q;;2*-1;;;2*+2/p+2/b;;2*17-13+;;;;. The topological polar surface area (TPSA) is 170 Å². The van der Waals surface area contributed by atoms with E-state index >= 15 is 0 Å². The fourth-order valence-corrected chi connectivity index (χ4v) is 19.0. The summed E-state index contributed by atoms with van der Waals surface area (Å²) in [5, 5.41) is 38.2. The minimum absolute atomic E-state index is 0. The Bertz CT molecular complexity index is 3250. The summed E-state index contributed by atoms with van der Waals surface area (Å²) in [6.45, 7) is 21.6. The Hall–Kier alpha value is -6.71. The summed E-state index contributed by atoms with van der Waals surface area (Å²) >= 11 is 0. The molecule has 18 heteroatoms. The first kappa shape index (κ1) is 78.0. The summed E-state index contributed by atoms with van der Waals surface area (Å²) < 4.78 is 23.2. The van der Waals surface area contributed by atoms with Crippen molar-refractivity contribution in [1.82, 2.24) is 0 Å². The van der Waals surface area contributed by atoms with Crippen LogP contribution in [0.1, 0.15) is 69.2 Å². The van der Waals surface area contributed by atoms with Crippen molar-refractivity contribution in [2.24, 2.45) is 9.98 Å². The van der Waals surface area contributed by atoms with Gasteiger partial charge in [0.15, 0.2) is 0 Å². The molecule has 4 aliphatic rings. The fourth-order valence-electron chi connectivity index (χ4n) is 9.87. The molecule has 2 fully saturated rings. The molecule has 4 aliphatic heterocycles. The van der Waals surface area contributed by atoms with E-state index in [1.54, 1.807) is 0 Å². The van der Waals surface area contributed by atoms with Crippen molar-refractivity contribution in [2.45, 2.75) is 91.4 Å². The Morgan fingerprint density at radius 1 is 0.372 bits per heavy atom. The number of ether oxygens (including phenoxy) is 4. The number of benzene rings is 8. The Kier molecular flexibility index (Phi) is 32.1. The van der Waals surface area contributed by atoms with Crippen molar-refractivity contribution >= 4 is 97.9 Å². The summed E-state index contributed by atoms with van der Waals surface area (Å²) in [6.07, 6.45) is 1.84. The van der Waals surface area contributed by atoms with Gasteiger partial charge in [0.05, 0.1) is 101 Å². The molecule has 0 N–H and O–H groups in total. The number of aliphatic carboxylic acids is 2. The molecular weight excluding hydrogens is 1420 g/mol. The minimum Gasteiger partial charge on any atom is -0.644 e. The molecule has 12 nitrogen and oxygen atoms in total. The van der Waals surface area contributed by atoms with Crippen molar-refractivity contribution in [2.75, 3.05) is 38.8 Å². The van der Waals surface area contributed by atoms with E-state index in [1.807, 2.05) is 0 Å². The van der Waals surface area contributed by atoms with Gasteiger partial charge in [-0.2, -0.15) is 0 Å². The molecule has 0 radical (unpaired) electrons. The van der Waals surface area contributed by atoms with Crippen LogP contribution in [0, 0.1) is 0 Å². The van der Waals surface area contributed by atoms with Crippen LogP contribution in [-0.2, 0) is 67.5 Å². The van der Waals surface area contributed by atoms with Crippen LogP contribution in [0.25, 0.3) is 10.6 Å². The van der Waals surface area contributed by atoms with Crippen LogP contribution in [0.5, 0.6) is 0 Å². The van der Waals surface area contributed by atoms with E-state index in [0.29, 0.717) is 26.4 Å². The Morgan fingerprint density at radius 3 is 0.745 bits per heavy atom. The largest absolute Gasteiger partial charge is 2.00 e. The van der Waals surface area contributed by atoms with Crippen molar-refractivity contribution in [3.05, 3.63) is 277 Å². The molecule has 0 atom stereocenters. The molecule has 0 spiro atoms. The molecule has 0 aromatic heterocycles. The molecule has 492 valence electrons. The predicted molar refractivity (Wildman–Crippen MR) is 391 cm³/mol. The molecule has 8 aromatic rings. The maximum atomic E-state index is 8.89. The Morgan fingerprint density at radius 2 is 0.574 bits per heavy atom. The molecule has 8 aromatic carbocycles. The van der Waals surface area contributed by atoms with Crippen LogP contribution in [0.3, 0.4) is 0 Å². The van der Waals surface area contributed by atoms with Crippen LogP contribution >= 0.6 is 31.7 Å². The molecule has 0 bridgehead atoms. The second kappa shape index (κ2) is 38.7. The number of nitrogens with zero attached hydrogens (tertiary/aromatic N) is 4. The van der Waals surface area contributed by atoms with Gasteiger partial charge in [0, 0.05) is 11.9 Å². The van der Waals surface area contributed by atoms with Gasteiger partial charge in [0.2, 0.25) is 11.8 Å². The van der Waals surface area contributed by atoms with Gasteiger partial charge in [0.25, 0.3) is 0 Å². The van der Waals surface area contributed by atoms with Crippen LogP contribution in [0.4, 0.5) is 0 Å². The number of rotatable bonds is 14. The summed E-state index contributed by atoms with van der Waals surface area (Å²) in [5.41, 5.74) is -0.357. The number of aliphatic imine (C=N–C) groups is 2. The quantitative estimate of drug-likeness (QED) is 0.0765. The van der Waals surface area contributed by atoms with E-state index in [2.05, 4.69) is 320 Å². The van der Waals surface area contributed by atoms with Crippen molar-refractivity contribution < 1.29 is 77.7 Å². The summed E-state index contributed by atoms with van der Waals surface area (Å²) in [6, 6.07) is 85.5. The van der Waals surface area contributed by atoms with E-state index < -0.39 is 43.6 Å². The minimum atomic E-state index is -1.08. The van der Waals surface area contributed by atoms with Gasteiger partial charge in [-0.1, -0.05) is 184 Å². The third kappa shape index (κ3) is 27.2. The van der Waals surface area contributed by atoms with Crippen LogP contribution in [0.15, 0.2) is 276 Å². The van der Waals surface area contributed by atoms with Gasteiger partial charge in [-0.05, 0) is 139 Å². The van der Waals surface area contributed by atoms with E-state index in [9.17, 15) is 0 Å². The van der Waals surface area contributed by atoms with Gasteiger partial charge in [-0.15, -0.1) is 0 Å². The van der Waals surface area contributed by atoms with Crippen LogP contribution in [-0.4, -0.2) is 84.6 Å². The summed E-state index contributed by atoms with van der Waals surface area (Å²) in [7, 11) is -3.80. The summed E-state index contributed by atoms with van der Waals surface area (Å²) in [4.78, 5) is 27.2. The Balaban J connectivity index is 0.000000217. The first-order chi connectivity index (χ1) is 44.0. The monoisotopic (exact) mass is 1510 g/mol. The number of hydrogen-bond donors (Lipinski definition) is 0. The Labute approximate surface area is 588 Å². The predicted octanol–water partition coefficient (Wildman–Crippen LogP) is 11.3. The van der Waals surface area contributed by atoms with Gasteiger partial charge < -0.3 is 49.4 Å². The zero-order chi connectivity index (χ0) is 66.0. The van der Waals surface area contributed by atoms with Gasteiger partial charge >= 0.3 is 39.0 Å². The smallest absolute Gasteiger partial charge is 0.644 e. The first-order valence-electron chi connectivity index (χ1n) is 30.8. The van der Waals surface area contributed by atoms with Crippen molar-refractivity contribution in [3.63, 3.8) is 0 Å². The number of carboxylic acid groups (broad SMARTS) is 2. The van der Waals surface area contributed by atoms with Gasteiger partial charge in [-0.3, -0.25) is 0 Å². The van der Waals surface area contributed by atoms with Crippen molar-refractivity contribution in [3.8, 4) is 0 Å². The molecule has 2 saturated heterocycles. The molecular formula is C76H88N4O8P4Ru2+4. The zero-order valence-corrected chi connectivity index (χ0v) is 62.7. The second-order valence-corrected chi connectivity index (χ2v) is 34.1. The van der Waals surface area contributed by atoms with Gasteiger partial charge in [0.1, 0.15) is 46.8 Å². The molecule has 12 rings (SSSR count). The van der Waals surface area contributed by atoms with Crippen LogP contribution in [0.2, 0.25) is 0 Å². The van der Waals surface area contributed by atoms with Crippen molar-refractivity contribution in [1.29, 1.82) is 0 Å². The number of carboxylic acids is 2. The van der Waals surface area contributed by atoms with E-state index in [1.165, 1.54) is 42.4 Å².